The number of hydrogen-bond acceptors (Lipinski definition) is 3. The van der Waals surface area contributed by atoms with Crippen molar-refractivity contribution in [2.45, 2.75) is 52.7 Å². The highest BCUT2D eigenvalue weighted by Gasteiger charge is 2.10. The SMILES string of the molecule is Cc1ccc(CNC(C)CNC(C)(C)C)o1. The minimum Gasteiger partial charge on any atom is -0.465 e. The van der Waals surface area contributed by atoms with E-state index in [0.29, 0.717) is 6.04 Å². The van der Waals surface area contributed by atoms with E-state index >= 15 is 0 Å². The van der Waals surface area contributed by atoms with Gasteiger partial charge >= 0.3 is 0 Å². The third kappa shape index (κ3) is 5.33. The quantitative estimate of drug-likeness (QED) is 0.806. The van der Waals surface area contributed by atoms with Crippen LogP contribution in [0.3, 0.4) is 0 Å². The molecule has 0 bridgehead atoms. The van der Waals surface area contributed by atoms with E-state index in [0.717, 1.165) is 24.6 Å². The third-order valence-corrected chi connectivity index (χ3v) is 2.36. The Bertz CT molecular complexity index is 312. The predicted octanol–water partition coefficient (Wildman–Crippen LogP) is 2.45. The van der Waals surface area contributed by atoms with Crippen LogP contribution in [0.1, 0.15) is 39.2 Å². The summed E-state index contributed by atoms with van der Waals surface area (Å²) in [5, 5.41) is 6.90. The molecular weight excluding hydrogens is 200 g/mol. The van der Waals surface area contributed by atoms with E-state index < -0.39 is 0 Å². The summed E-state index contributed by atoms with van der Waals surface area (Å²) in [6.07, 6.45) is 0. The van der Waals surface area contributed by atoms with Gasteiger partial charge in [-0.1, -0.05) is 0 Å². The van der Waals surface area contributed by atoms with Crippen LogP contribution in [0.2, 0.25) is 0 Å². The summed E-state index contributed by atoms with van der Waals surface area (Å²) in [7, 11) is 0. The zero-order valence-corrected chi connectivity index (χ0v) is 11.1. The Morgan fingerprint density at radius 3 is 2.50 bits per heavy atom. The lowest BCUT2D eigenvalue weighted by atomic mass is 10.1. The summed E-state index contributed by atoms with van der Waals surface area (Å²) in [4.78, 5) is 0. The summed E-state index contributed by atoms with van der Waals surface area (Å²) < 4.78 is 5.50. The lowest BCUT2D eigenvalue weighted by molar-refractivity contribution is 0.376. The summed E-state index contributed by atoms with van der Waals surface area (Å²) >= 11 is 0. The molecule has 2 N–H and O–H groups in total. The van der Waals surface area contributed by atoms with Crippen LogP contribution in [0.4, 0.5) is 0 Å². The first kappa shape index (κ1) is 13.3. The van der Waals surface area contributed by atoms with Crippen molar-refractivity contribution in [3.05, 3.63) is 23.7 Å². The van der Waals surface area contributed by atoms with Gasteiger partial charge in [-0.2, -0.15) is 0 Å². The van der Waals surface area contributed by atoms with Gasteiger partial charge in [0.05, 0.1) is 6.54 Å². The van der Waals surface area contributed by atoms with Gasteiger partial charge in [0.15, 0.2) is 0 Å². The first-order valence-electron chi connectivity index (χ1n) is 5.90. The maximum atomic E-state index is 5.50. The Hall–Kier alpha value is -0.800. The van der Waals surface area contributed by atoms with Crippen LogP contribution in [-0.4, -0.2) is 18.1 Å². The lowest BCUT2D eigenvalue weighted by Gasteiger charge is -2.23. The van der Waals surface area contributed by atoms with E-state index in [1.54, 1.807) is 0 Å². The monoisotopic (exact) mass is 224 g/mol. The summed E-state index contributed by atoms with van der Waals surface area (Å²) in [5.41, 5.74) is 0.178. The molecule has 0 saturated heterocycles. The van der Waals surface area contributed by atoms with E-state index in [1.165, 1.54) is 0 Å². The first-order valence-corrected chi connectivity index (χ1v) is 5.90. The van der Waals surface area contributed by atoms with Gasteiger partial charge in [-0.15, -0.1) is 0 Å². The Kier molecular flexibility index (Phi) is 4.56. The molecule has 0 aliphatic heterocycles. The predicted molar refractivity (Wildman–Crippen MR) is 67.5 cm³/mol. The maximum absolute atomic E-state index is 5.50. The zero-order chi connectivity index (χ0) is 12.2. The molecule has 0 radical (unpaired) electrons. The van der Waals surface area contributed by atoms with Gasteiger partial charge in [-0.25, -0.2) is 0 Å². The number of rotatable bonds is 5. The molecular formula is C13H24N2O. The standard InChI is InChI=1S/C13H24N2O/c1-10(8-15-13(3,4)5)14-9-12-7-6-11(2)16-12/h6-7,10,14-15H,8-9H2,1-5H3. The Morgan fingerprint density at radius 1 is 1.31 bits per heavy atom. The fourth-order valence-electron chi connectivity index (χ4n) is 1.39. The van der Waals surface area contributed by atoms with Gasteiger partial charge in [-0.3, -0.25) is 0 Å². The molecule has 1 aromatic rings. The van der Waals surface area contributed by atoms with Crippen LogP contribution in [0.5, 0.6) is 0 Å². The zero-order valence-electron chi connectivity index (χ0n) is 11.1. The van der Waals surface area contributed by atoms with Crippen LogP contribution in [0.15, 0.2) is 16.5 Å². The molecule has 1 rings (SSSR count). The molecule has 0 aliphatic carbocycles. The highest BCUT2D eigenvalue weighted by Crippen LogP contribution is 2.06. The Labute approximate surface area is 98.6 Å². The van der Waals surface area contributed by atoms with E-state index in [4.69, 9.17) is 4.42 Å². The Morgan fingerprint density at radius 2 is 2.00 bits per heavy atom. The molecule has 0 amide bonds. The smallest absolute Gasteiger partial charge is 0.117 e. The molecule has 1 aromatic heterocycles. The molecule has 0 aromatic carbocycles. The third-order valence-electron chi connectivity index (χ3n) is 2.36. The average Bonchev–Trinajstić information content (AvgIpc) is 2.57. The van der Waals surface area contributed by atoms with E-state index in [9.17, 15) is 0 Å². The van der Waals surface area contributed by atoms with Gasteiger partial charge in [-0.05, 0) is 46.8 Å². The van der Waals surface area contributed by atoms with Crippen molar-refractivity contribution in [2.24, 2.45) is 0 Å². The molecule has 92 valence electrons. The maximum Gasteiger partial charge on any atom is 0.117 e. The topological polar surface area (TPSA) is 37.2 Å². The van der Waals surface area contributed by atoms with Crippen molar-refractivity contribution in [2.75, 3.05) is 6.54 Å². The average molecular weight is 224 g/mol. The molecule has 0 fully saturated rings. The van der Waals surface area contributed by atoms with Gasteiger partial charge in [0.1, 0.15) is 11.5 Å². The van der Waals surface area contributed by atoms with Crippen LogP contribution < -0.4 is 10.6 Å². The van der Waals surface area contributed by atoms with Gasteiger partial charge in [0, 0.05) is 18.1 Å². The van der Waals surface area contributed by atoms with Crippen LogP contribution in [-0.2, 0) is 6.54 Å². The number of hydrogen-bond donors (Lipinski definition) is 2. The molecule has 3 heteroatoms. The number of furan rings is 1. The minimum absolute atomic E-state index is 0.178. The van der Waals surface area contributed by atoms with Gasteiger partial charge in [0.25, 0.3) is 0 Å². The van der Waals surface area contributed by atoms with E-state index in [1.807, 2.05) is 19.1 Å². The molecule has 1 atom stereocenters. The minimum atomic E-state index is 0.178. The van der Waals surface area contributed by atoms with Gasteiger partial charge < -0.3 is 15.1 Å². The highest BCUT2D eigenvalue weighted by atomic mass is 16.3. The van der Waals surface area contributed by atoms with E-state index in [2.05, 4.69) is 38.3 Å². The second-order valence-corrected chi connectivity index (χ2v) is 5.43. The molecule has 0 saturated carbocycles. The van der Waals surface area contributed by atoms with Crippen molar-refractivity contribution in [3.8, 4) is 0 Å². The van der Waals surface area contributed by atoms with Crippen molar-refractivity contribution >= 4 is 0 Å². The lowest BCUT2D eigenvalue weighted by Crippen LogP contribution is -2.44. The fraction of sp³-hybridized carbons (Fsp3) is 0.692. The van der Waals surface area contributed by atoms with Crippen LogP contribution >= 0.6 is 0 Å². The molecule has 0 aliphatic rings. The highest BCUT2D eigenvalue weighted by molar-refractivity contribution is 5.05. The van der Waals surface area contributed by atoms with Crippen LogP contribution in [0, 0.1) is 6.92 Å². The van der Waals surface area contributed by atoms with Crippen molar-refractivity contribution < 1.29 is 4.42 Å². The van der Waals surface area contributed by atoms with Crippen molar-refractivity contribution in [1.29, 1.82) is 0 Å². The number of nitrogens with one attached hydrogen (secondary N) is 2. The summed E-state index contributed by atoms with van der Waals surface area (Å²) in [6, 6.07) is 4.45. The largest absolute Gasteiger partial charge is 0.465 e. The summed E-state index contributed by atoms with van der Waals surface area (Å²) in [6.45, 7) is 12.4. The first-order chi connectivity index (χ1) is 7.37. The van der Waals surface area contributed by atoms with Crippen LogP contribution in [0.25, 0.3) is 0 Å². The van der Waals surface area contributed by atoms with Gasteiger partial charge in [0.2, 0.25) is 0 Å². The normalized spacial score (nSPS) is 14.1. The second-order valence-electron chi connectivity index (χ2n) is 5.43. The molecule has 0 spiro atoms. The number of aryl methyl sites for hydroxylation is 1. The van der Waals surface area contributed by atoms with Crippen molar-refractivity contribution in [1.82, 2.24) is 10.6 Å². The molecule has 1 heterocycles. The van der Waals surface area contributed by atoms with Crippen molar-refractivity contribution in [3.63, 3.8) is 0 Å². The summed E-state index contributed by atoms with van der Waals surface area (Å²) in [5.74, 6) is 1.97. The molecule has 16 heavy (non-hydrogen) atoms. The molecule has 3 nitrogen and oxygen atoms in total. The van der Waals surface area contributed by atoms with E-state index in [-0.39, 0.29) is 5.54 Å². The second kappa shape index (κ2) is 5.51. The fourth-order valence-corrected chi connectivity index (χ4v) is 1.39. The Balaban J connectivity index is 2.22. The molecule has 1 unspecified atom stereocenters.